The zero-order valence-corrected chi connectivity index (χ0v) is 7.41. The fraction of sp³-hybridized carbons (Fsp3) is 0.889. The van der Waals surface area contributed by atoms with Crippen LogP contribution in [0, 0.1) is 11.8 Å². The Morgan fingerprint density at radius 1 is 1.55 bits per heavy atom. The largest absolute Gasteiger partial charge is 0.374 e. The van der Waals surface area contributed by atoms with Crippen LogP contribution in [0.25, 0.3) is 0 Å². The molecular weight excluding hydrogens is 140 g/mol. The molecule has 0 aromatic heterocycles. The van der Waals surface area contributed by atoms with Crippen LogP contribution in [0.2, 0.25) is 0 Å². The van der Waals surface area contributed by atoms with Crippen molar-refractivity contribution in [1.29, 1.82) is 0 Å². The van der Waals surface area contributed by atoms with Crippen LogP contribution in [0.5, 0.6) is 0 Å². The van der Waals surface area contributed by atoms with Crippen molar-refractivity contribution in [1.82, 2.24) is 0 Å². The minimum Gasteiger partial charge on any atom is -0.374 e. The topological polar surface area (TPSA) is 26.3 Å². The number of ether oxygens (including phenoxy) is 1. The Labute approximate surface area is 67.9 Å². The van der Waals surface area contributed by atoms with Crippen LogP contribution < -0.4 is 0 Å². The highest BCUT2D eigenvalue weighted by molar-refractivity contribution is 5.55. The van der Waals surface area contributed by atoms with E-state index in [1.54, 1.807) is 0 Å². The van der Waals surface area contributed by atoms with Crippen LogP contribution in [0.3, 0.4) is 0 Å². The Kier molecular flexibility index (Phi) is 2.66. The van der Waals surface area contributed by atoms with Gasteiger partial charge in [0.2, 0.25) is 0 Å². The zero-order chi connectivity index (χ0) is 8.43. The molecule has 3 atom stereocenters. The lowest BCUT2D eigenvalue weighted by Gasteiger charge is -2.17. The standard InChI is InChI=1S/C9H16O2/c1-6(2)9-8(5-10)4-7(3)11-9/h5-9H,4H2,1-3H3/t7-,8-,9+/m1/s1. The normalized spacial score (nSPS) is 38.0. The van der Waals surface area contributed by atoms with Gasteiger partial charge >= 0.3 is 0 Å². The molecule has 1 aliphatic heterocycles. The maximum Gasteiger partial charge on any atom is 0.125 e. The second-order valence-electron chi connectivity index (χ2n) is 3.69. The van der Waals surface area contributed by atoms with E-state index in [2.05, 4.69) is 13.8 Å². The lowest BCUT2D eigenvalue weighted by atomic mass is 9.93. The Morgan fingerprint density at radius 3 is 2.55 bits per heavy atom. The molecule has 0 aliphatic carbocycles. The first-order chi connectivity index (χ1) is 5.15. The Morgan fingerprint density at radius 2 is 2.18 bits per heavy atom. The Balaban J connectivity index is 2.57. The molecule has 2 nitrogen and oxygen atoms in total. The van der Waals surface area contributed by atoms with E-state index in [9.17, 15) is 4.79 Å². The van der Waals surface area contributed by atoms with Gasteiger partial charge in [-0.05, 0) is 19.3 Å². The molecule has 11 heavy (non-hydrogen) atoms. The van der Waals surface area contributed by atoms with E-state index in [1.807, 2.05) is 6.92 Å². The number of carbonyl (C=O) groups excluding carboxylic acids is 1. The molecule has 0 amide bonds. The summed E-state index contributed by atoms with van der Waals surface area (Å²) in [6.07, 6.45) is 2.35. The monoisotopic (exact) mass is 156 g/mol. The number of rotatable bonds is 2. The molecule has 1 fully saturated rings. The van der Waals surface area contributed by atoms with Gasteiger partial charge in [0.15, 0.2) is 0 Å². The van der Waals surface area contributed by atoms with Crippen molar-refractivity contribution < 1.29 is 9.53 Å². The van der Waals surface area contributed by atoms with Gasteiger partial charge in [0.05, 0.1) is 12.2 Å². The summed E-state index contributed by atoms with van der Waals surface area (Å²) in [4.78, 5) is 10.6. The second-order valence-corrected chi connectivity index (χ2v) is 3.69. The van der Waals surface area contributed by atoms with Crippen molar-refractivity contribution >= 4 is 6.29 Å². The van der Waals surface area contributed by atoms with E-state index in [4.69, 9.17) is 4.74 Å². The summed E-state index contributed by atoms with van der Waals surface area (Å²) >= 11 is 0. The quantitative estimate of drug-likeness (QED) is 0.568. The molecule has 64 valence electrons. The summed E-state index contributed by atoms with van der Waals surface area (Å²) in [5.74, 6) is 0.583. The smallest absolute Gasteiger partial charge is 0.125 e. The molecule has 0 saturated carbocycles. The number of carbonyl (C=O) groups is 1. The minimum absolute atomic E-state index is 0.130. The maximum atomic E-state index is 10.6. The summed E-state index contributed by atoms with van der Waals surface area (Å²) in [5, 5.41) is 0. The van der Waals surface area contributed by atoms with Crippen LogP contribution in [-0.2, 0) is 9.53 Å². The van der Waals surface area contributed by atoms with Gasteiger partial charge in [-0.2, -0.15) is 0 Å². The Hall–Kier alpha value is -0.370. The minimum atomic E-state index is 0.130. The molecule has 2 heteroatoms. The van der Waals surface area contributed by atoms with Gasteiger partial charge in [0.25, 0.3) is 0 Å². The van der Waals surface area contributed by atoms with E-state index in [0.29, 0.717) is 5.92 Å². The van der Waals surface area contributed by atoms with Crippen molar-refractivity contribution in [3.8, 4) is 0 Å². The fourth-order valence-electron chi connectivity index (χ4n) is 1.73. The molecule has 0 spiro atoms. The first kappa shape index (κ1) is 8.72. The van der Waals surface area contributed by atoms with Crippen LogP contribution >= 0.6 is 0 Å². The lowest BCUT2D eigenvalue weighted by Crippen LogP contribution is -2.23. The van der Waals surface area contributed by atoms with Crippen molar-refractivity contribution in [3.63, 3.8) is 0 Å². The predicted octanol–water partition coefficient (Wildman–Crippen LogP) is 1.63. The number of hydrogen-bond donors (Lipinski definition) is 0. The van der Waals surface area contributed by atoms with Gasteiger partial charge < -0.3 is 9.53 Å². The maximum absolute atomic E-state index is 10.6. The van der Waals surface area contributed by atoms with Gasteiger partial charge in [0.1, 0.15) is 6.29 Å². The van der Waals surface area contributed by atoms with Gasteiger partial charge in [-0.15, -0.1) is 0 Å². The molecule has 0 radical (unpaired) electrons. The predicted molar refractivity (Wildman–Crippen MR) is 43.3 cm³/mol. The third-order valence-electron chi connectivity index (χ3n) is 2.25. The van der Waals surface area contributed by atoms with Crippen LogP contribution in [0.4, 0.5) is 0 Å². The molecule has 0 N–H and O–H groups in total. The molecule has 0 aromatic rings. The van der Waals surface area contributed by atoms with Crippen molar-refractivity contribution in [3.05, 3.63) is 0 Å². The van der Waals surface area contributed by atoms with Gasteiger partial charge in [0, 0.05) is 5.92 Å². The van der Waals surface area contributed by atoms with E-state index >= 15 is 0 Å². The SMILES string of the molecule is CC(C)[C@@H]1O[C@H](C)C[C@@H]1C=O. The lowest BCUT2D eigenvalue weighted by molar-refractivity contribution is -0.113. The molecule has 1 aliphatic rings. The second kappa shape index (κ2) is 3.35. The Bertz CT molecular complexity index is 142. The zero-order valence-electron chi connectivity index (χ0n) is 7.41. The van der Waals surface area contributed by atoms with Gasteiger partial charge in [-0.1, -0.05) is 13.8 Å². The van der Waals surface area contributed by atoms with E-state index < -0.39 is 0 Å². The summed E-state index contributed by atoms with van der Waals surface area (Å²) in [5.41, 5.74) is 0. The summed E-state index contributed by atoms with van der Waals surface area (Å²) < 4.78 is 5.59. The first-order valence-electron chi connectivity index (χ1n) is 4.26. The first-order valence-corrected chi connectivity index (χ1v) is 4.26. The van der Waals surface area contributed by atoms with E-state index in [0.717, 1.165) is 12.7 Å². The van der Waals surface area contributed by atoms with Crippen LogP contribution in [-0.4, -0.2) is 18.5 Å². The molecule has 0 unspecified atom stereocenters. The van der Waals surface area contributed by atoms with Gasteiger partial charge in [-0.25, -0.2) is 0 Å². The highest BCUT2D eigenvalue weighted by atomic mass is 16.5. The third-order valence-corrected chi connectivity index (χ3v) is 2.25. The average Bonchev–Trinajstić information content (AvgIpc) is 2.30. The molecule has 0 aromatic carbocycles. The highest BCUT2D eigenvalue weighted by Crippen LogP contribution is 2.29. The molecule has 0 bridgehead atoms. The molecule has 1 heterocycles. The molecule has 1 rings (SSSR count). The van der Waals surface area contributed by atoms with E-state index in [-0.39, 0.29) is 18.1 Å². The van der Waals surface area contributed by atoms with Crippen molar-refractivity contribution in [2.75, 3.05) is 0 Å². The number of aldehydes is 1. The summed E-state index contributed by atoms with van der Waals surface area (Å²) in [6, 6.07) is 0. The van der Waals surface area contributed by atoms with E-state index in [1.165, 1.54) is 0 Å². The van der Waals surface area contributed by atoms with Crippen molar-refractivity contribution in [2.24, 2.45) is 11.8 Å². The van der Waals surface area contributed by atoms with Crippen LogP contribution in [0.15, 0.2) is 0 Å². The average molecular weight is 156 g/mol. The summed E-state index contributed by atoms with van der Waals surface area (Å²) in [6.45, 7) is 6.22. The third kappa shape index (κ3) is 1.80. The number of hydrogen-bond acceptors (Lipinski definition) is 2. The summed E-state index contributed by atoms with van der Waals surface area (Å²) in [7, 11) is 0. The highest BCUT2D eigenvalue weighted by Gasteiger charge is 2.34. The van der Waals surface area contributed by atoms with Gasteiger partial charge in [-0.3, -0.25) is 0 Å². The van der Waals surface area contributed by atoms with Crippen LogP contribution in [0.1, 0.15) is 27.2 Å². The van der Waals surface area contributed by atoms with Crippen molar-refractivity contribution in [2.45, 2.75) is 39.4 Å². The fourth-order valence-corrected chi connectivity index (χ4v) is 1.73. The molecule has 1 saturated heterocycles. The molecular formula is C9H16O2.